The Kier molecular flexibility index (Phi) is 5.70. The Morgan fingerprint density at radius 3 is 2.53 bits per heavy atom. The third-order valence-corrected chi connectivity index (χ3v) is 5.69. The summed E-state index contributed by atoms with van der Waals surface area (Å²) in [6.07, 6.45) is 11.2. The molecule has 2 nitrogen and oxygen atoms in total. The van der Waals surface area contributed by atoms with Crippen molar-refractivity contribution >= 4 is 0 Å². The van der Waals surface area contributed by atoms with Crippen LogP contribution in [0.25, 0.3) is 0 Å². The lowest BCUT2D eigenvalue weighted by Crippen LogP contribution is -2.64. The topological polar surface area (TPSA) is 15.3 Å². The van der Waals surface area contributed by atoms with Gasteiger partial charge in [-0.2, -0.15) is 0 Å². The Labute approximate surface area is 120 Å². The molecule has 1 heterocycles. The van der Waals surface area contributed by atoms with Gasteiger partial charge in [-0.25, -0.2) is 0 Å². The molecule has 0 aromatic carbocycles. The van der Waals surface area contributed by atoms with E-state index in [0.29, 0.717) is 5.54 Å². The molecule has 0 aromatic heterocycles. The molecule has 0 amide bonds. The predicted octanol–water partition coefficient (Wildman–Crippen LogP) is 3.81. The minimum absolute atomic E-state index is 0.389. The molecule has 0 bridgehead atoms. The number of piperazine rings is 1. The molecule has 2 atom stereocenters. The van der Waals surface area contributed by atoms with Crippen LogP contribution in [0.4, 0.5) is 0 Å². The van der Waals surface area contributed by atoms with Crippen molar-refractivity contribution in [1.29, 1.82) is 0 Å². The van der Waals surface area contributed by atoms with Crippen molar-refractivity contribution in [2.75, 3.05) is 19.6 Å². The molecule has 0 spiro atoms. The Morgan fingerprint density at radius 2 is 1.89 bits per heavy atom. The highest BCUT2D eigenvalue weighted by molar-refractivity contribution is 4.97. The molecule has 2 aliphatic rings. The molecule has 2 unspecified atom stereocenters. The fourth-order valence-electron chi connectivity index (χ4n) is 3.90. The normalized spacial score (nSPS) is 34.6. The molecule has 0 radical (unpaired) electrons. The number of hydrogen-bond donors (Lipinski definition) is 1. The van der Waals surface area contributed by atoms with Crippen molar-refractivity contribution in [3.05, 3.63) is 0 Å². The van der Waals surface area contributed by atoms with Gasteiger partial charge in [-0.1, -0.05) is 39.5 Å². The predicted molar refractivity (Wildman–Crippen MR) is 83.5 cm³/mol. The van der Waals surface area contributed by atoms with Crippen molar-refractivity contribution in [3.8, 4) is 0 Å². The lowest BCUT2D eigenvalue weighted by molar-refractivity contribution is 0.0286. The summed E-state index contributed by atoms with van der Waals surface area (Å²) < 4.78 is 0. The smallest absolute Gasteiger partial charge is 0.0303 e. The maximum absolute atomic E-state index is 3.90. The van der Waals surface area contributed by atoms with Crippen LogP contribution in [-0.4, -0.2) is 36.1 Å². The summed E-state index contributed by atoms with van der Waals surface area (Å²) in [5.41, 5.74) is 0.389. The van der Waals surface area contributed by atoms with Gasteiger partial charge in [0.25, 0.3) is 0 Å². The molecule has 1 N–H and O–H groups in total. The summed E-state index contributed by atoms with van der Waals surface area (Å²) in [6.45, 7) is 10.9. The van der Waals surface area contributed by atoms with Gasteiger partial charge in [0.05, 0.1) is 0 Å². The van der Waals surface area contributed by atoms with Crippen LogP contribution < -0.4 is 5.32 Å². The Balaban J connectivity index is 1.95. The van der Waals surface area contributed by atoms with Gasteiger partial charge in [0.2, 0.25) is 0 Å². The molecular weight excluding hydrogens is 232 g/mol. The molecule has 1 aliphatic heterocycles. The first-order valence-electron chi connectivity index (χ1n) is 8.68. The van der Waals surface area contributed by atoms with Crippen LogP contribution in [0.15, 0.2) is 0 Å². The van der Waals surface area contributed by atoms with E-state index in [4.69, 9.17) is 0 Å². The fraction of sp³-hybridized carbons (Fsp3) is 1.00. The first-order chi connectivity index (χ1) is 9.19. The van der Waals surface area contributed by atoms with Crippen LogP contribution in [0.1, 0.15) is 72.1 Å². The number of rotatable bonds is 5. The number of unbranched alkanes of at least 4 members (excludes halogenated alkanes) is 1. The van der Waals surface area contributed by atoms with Crippen LogP contribution in [-0.2, 0) is 0 Å². The minimum Gasteiger partial charge on any atom is -0.311 e. The first kappa shape index (κ1) is 15.3. The van der Waals surface area contributed by atoms with Crippen LogP contribution in [0.3, 0.4) is 0 Å². The van der Waals surface area contributed by atoms with Gasteiger partial charge in [-0.05, 0) is 45.1 Å². The number of nitrogens with one attached hydrogen (secondary N) is 1. The third-order valence-electron chi connectivity index (χ3n) is 5.69. The monoisotopic (exact) mass is 266 g/mol. The highest BCUT2D eigenvalue weighted by Gasteiger charge is 2.38. The summed E-state index contributed by atoms with van der Waals surface area (Å²) in [7, 11) is 0. The molecule has 1 saturated carbocycles. The van der Waals surface area contributed by atoms with Gasteiger partial charge in [-0.3, -0.25) is 4.90 Å². The van der Waals surface area contributed by atoms with Crippen LogP contribution in [0.2, 0.25) is 0 Å². The van der Waals surface area contributed by atoms with Crippen molar-refractivity contribution in [2.45, 2.75) is 83.7 Å². The minimum atomic E-state index is 0.389. The van der Waals surface area contributed by atoms with Gasteiger partial charge in [0.1, 0.15) is 0 Å². The fourth-order valence-corrected chi connectivity index (χ4v) is 3.90. The summed E-state index contributed by atoms with van der Waals surface area (Å²) in [6, 6.07) is 0.761. The third kappa shape index (κ3) is 3.72. The zero-order valence-corrected chi connectivity index (χ0v) is 13.4. The van der Waals surface area contributed by atoms with E-state index in [1.807, 2.05) is 0 Å². The molecule has 1 saturated heterocycles. The molecule has 1 aliphatic carbocycles. The molecule has 2 rings (SSSR count). The van der Waals surface area contributed by atoms with Crippen LogP contribution in [0, 0.1) is 5.92 Å². The van der Waals surface area contributed by atoms with Crippen molar-refractivity contribution in [2.24, 2.45) is 5.92 Å². The maximum atomic E-state index is 3.90. The highest BCUT2D eigenvalue weighted by atomic mass is 15.3. The molecule has 0 aromatic rings. The number of hydrogen-bond acceptors (Lipinski definition) is 2. The van der Waals surface area contributed by atoms with Gasteiger partial charge in [0.15, 0.2) is 0 Å². The van der Waals surface area contributed by atoms with E-state index in [1.54, 1.807) is 0 Å². The molecule has 2 heteroatoms. The van der Waals surface area contributed by atoms with Crippen LogP contribution in [0.5, 0.6) is 0 Å². The second-order valence-corrected chi connectivity index (χ2v) is 7.04. The standard InChI is InChI=1S/C17H34N2/c1-4-6-12-19-13-16(15-10-8-7-9-11-15)18-14-17(19,3)5-2/h15-16,18H,4-14H2,1-3H3. The molecule has 2 fully saturated rings. The van der Waals surface area contributed by atoms with Gasteiger partial charge >= 0.3 is 0 Å². The Bertz CT molecular complexity index is 260. The summed E-state index contributed by atoms with van der Waals surface area (Å²) in [4.78, 5) is 2.80. The summed E-state index contributed by atoms with van der Waals surface area (Å²) >= 11 is 0. The largest absolute Gasteiger partial charge is 0.311 e. The van der Waals surface area contributed by atoms with E-state index in [0.717, 1.165) is 12.0 Å². The zero-order chi connectivity index (χ0) is 13.7. The second kappa shape index (κ2) is 7.08. The van der Waals surface area contributed by atoms with E-state index in [2.05, 4.69) is 31.0 Å². The Morgan fingerprint density at radius 1 is 1.16 bits per heavy atom. The summed E-state index contributed by atoms with van der Waals surface area (Å²) in [5, 5.41) is 3.90. The maximum Gasteiger partial charge on any atom is 0.0303 e. The molecule has 19 heavy (non-hydrogen) atoms. The highest BCUT2D eigenvalue weighted by Crippen LogP contribution is 2.31. The van der Waals surface area contributed by atoms with Crippen molar-refractivity contribution < 1.29 is 0 Å². The van der Waals surface area contributed by atoms with Gasteiger partial charge < -0.3 is 5.32 Å². The average molecular weight is 266 g/mol. The van der Waals surface area contributed by atoms with E-state index in [1.165, 1.54) is 71.0 Å². The lowest BCUT2D eigenvalue weighted by Gasteiger charge is -2.50. The second-order valence-electron chi connectivity index (χ2n) is 7.04. The summed E-state index contributed by atoms with van der Waals surface area (Å²) in [5.74, 6) is 0.944. The molecule has 112 valence electrons. The van der Waals surface area contributed by atoms with Crippen LogP contribution >= 0.6 is 0 Å². The average Bonchev–Trinajstić information content (AvgIpc) is 2.47. The van der Waals surface area contributed by atoms with E-state index in [-0.39, 0.29) is 0 Å². The molecular formula is C17H34N2. The SMILES string of the molecule is CCCCN1CC(C2CCCCC2)NCC1(C)CC. The van der Waals surface area contributed by atoms with E-state index < -0.39 is 0 Å². The van der Waals surface area contributed by atoms with Gasteiger partial charge in [0, 0.05) is 24.7 Å². The zero-order valence-electron chi connectivity index (χ0n) is 13.4. The first-order valence-corrected chi connectivity index (χ1v) is 8.68. The Hall–Kier alpha value is -0.0800. The van der Waals surface area contributed by atoms with E-state index in [9.17, 15) is 0 Å². The lowest BCUT2D eigenvalue weighted by atomic mass is 9.80. The van der Waals surface area contributed by atoms with Crippen molar-refractivity contribution in [3.63, 3.8) is 0 Å². The quantitative estimate of drug-likeness (QED) is 0.814. The number of nitrogens with zero attached hydrogens (tertiary/aromatic N) is 1. The van der Waals surface area contributed by atoms with Gasteiger partial charge in [-0.15, -0.1) is 0 Å². The van der Waals surface area contributed by atoms with E-state index >= 15 is 0 Å². The van der Waals surface area contributed by atoms with Crippen molar-refractivity contribution in [1.82, 2.24) is 10.2 Å².